The lowest BCUT2D eigenvalue weighted by atomic mass is 10.2. The monoisotopic (exact) mass is 464 g/mol. The number of fused-ring (bicyclic) bond motifs is 2. The number of hydrogen-bond acceptors (Lipinski definition) is 10. The maximum atomic E-state index is 5.86. The Morgan fingerprint density at radius 1 is 1.27 bits per heavy atom. The van der Waals surface area contributed by atoms with Crippen LogP contribution in [0.15, 0.2) is 41.8 Å². The van der Waals surface area contributed by atoms with Gasteiger partial charge in [-0.15, -0.1) is 16.4 Å². The van der Waals surface area contributed by atoms with Gasteiger partial charge >= 0.3 is 0 Å². The van der Waals surface area contributed by atoms with E-state index in [4.69, 9.17) is 20.2 Å². The van der Waals surface area contributed by atoms with Crippen molar-refractivity contribution in [3.05, 3.63) is 47.5 Å². The number of allylic oxidation sites excluding steroid dienone is 1. The van der Waals surface area contributed by atoms with Crippen molar-refractivity contribution in [3.63, 3.8) is 0 Å². The van der Waals surface area contributed by atoms with Crippen molar-refractivity contribution in [2.75, 3.05) is 19.8 Å². The van der Waals surface area contributed by atoms with Gasteiger partial charge in [-0.3, -0.25) is 9.98 Å². The first-order chi connectivity index (χ1) is 16.3. The maximum absolute atomic E-state index is 5.86. The summed E-state index contributed by atoms with van der Waals surface area (Å²) < 4.78 is 14.1. The van der Waals surface area contributed by atoms with Gasteiger partial charge in [0.1, 0.15) is 10.5 Å². The molecule has 1 fully saturated rings. The quantitative estimate of drug-likeness (QED) is 0.312. The summed E-state index contributed by atoms with van der Waals surface area (Å²) in [5, 5.41) is 9.40. The molecule has 4 aromatic rings. The molecule has 0 radical (unpaired) electrons. The van der Waals surface area contributed by atoms with E-state index in [1.54, 1.807) is 34.6 Å². The summed E-state index contributed by atoms with van der Waals surface area (Å²) in [6, 6.07) is 5.70. The largest absolute Gasteiger partial charge is 0.404 e. The molecule has 5 rings (SSSR count). The second-order valence-corrected chi connectivity index (χ2v) is 8.68. The van der Waals surface area contributed by atoms with Gasteiger partial charge in [-0.05, 0) is 37.5 Å². The van der Waals surface area contributed by atoms with E-state index in [2.05, 4.69) is 25.3 Å². The van der Waals surface area contributed by atoms with Gasteiger partial charge in [0.15, 0.2) is 11.9 Å². The van der Waals surface area contributed by atoms with Gasteiger partial charge in [-0.1, -0.05) is 5.21 Å². The Morgan fingerprint density at radius 3 is 3.09 bits per heavy atom. The smallest absolute Gasteiger partial charge is 0.179 e. The normalized spacial score (nSPS) is 17.5. The molecule has 4 aromatic heterocycles. The van der Waals surface area contributed by atoms with Crippen LogP contribution in [0.5, 0.6) is 0 Å². The minimum absolute atomic E-state index is 0.109. The van der Waals surface area contributed by atoms with Crippen molar-refractivity contribution >= 4 is 44.5 Å². The van der Waals surface area contributed by atoms with Crippen molar-refractivity contribution in [1.29, 1.82) is 0 Å². The summed E-state index contributed by atoms with van der Waals surface area (Å²) in [5.74, 6) is 0. The summed E-state index contributed by atoms with van der Waals surface area (Å²) in [6.45, 7) is 2.26. The molecule has 1 unspecified atom stereocenters. The highest BCUT2D eigenvalue weighted by atomic mass is 32.1. The topological polar surface area (TPSA) is 126 Å². The Hall–Kier alpha value is -3.28. The zero-order valence-electron chi connectivity index (χ0n) is 18.0. The zero-order valence-corrected chi connectivity index (χ0v) is 18.8. The number of pyridine rings is 2. The summed E-state index contributed by atoms with van der Waals surface area (Å²) in [4.78, 5) is 17.9. The summed E-state index contributed by atoms with van der Waals surface area (Å²) in [5.41, 5.74) is 9.51. The van der Waals surface area contributed by atoms with Crippen LogP contribution in [-0.4, -0.2) is 62.2 Å². The highest BCUT2D eigenvalue weighted by Gasteiger charge is 2.14. The Labute approximate surface area is 194 Å². The molecule has 33 heavy (non-hydrogen) atoms. The molecule has 1 saturated heterocycles. The van der Waals surface area contributed by atoms with Crippen LogP contribution in [0, 0.1) is 0 Å². The van der Waals surface area contributed by atoms with Crippen LogP contribution < -0.4 is 5.73 Å². The molecule has 1 aliphatic rings. The van der Waals surface area contributed by atoms with Gasteiger partial charge in [0.25, 0.3) is 0 Å². The number of thiazole rings is 1. The molecular weight excluding hydrogens is 440 g/mol. The first kappa shape index (κ1) is 21.6. The number of aromatic nitrogens is 6. The zero-order chi connectivity index (χ0) is 22.5. The minimum atomic E-state index is -0.109. The summed E-state index contributed by atoms with van der Waals surface area (Å²) in [7, 11) is 0. The summed E-state index contributed by atoms with van der Waals surface area (Å²) >= 11 is 1.60. The Balaban J connectivity index is 1.27. The fourth-order valence-electron chi connectivity index (χ4n) is 3.58. The molecule has 2 N–H and O–H groups in total. The number of aliphatic imine (C=N–C) groups is 1. The van der Waals surface area contributed by atoms with E-state index >= 15 is 0 Å². The van der Waals surface area contributed by atoms with E-state index in [9.17, 15) is 0 Å². The SMILES string of the molecule is NC=C(C=NCCOC1CCCCO1)c1ccc2nnn(Cc3nc4cnccc4s3)c2n1. The van der Waals surface area contributed by atoms with Crippen LogP contribution >= 0.6 is 11.3 Å². The Bertz CT molecular complexity index is 1260. The Morgan fingerprint density at radius 2 is 2.24 bits per heavy atom. The molecule has 0 saturated carbocycles. The van der Waals surface area contributed by atoms with Crippen LogP contribution in [0.1, 0.15) is 30.0 Å². The minimum Gasteiger partial charge on any atom is -0.404 e. The van der Waals surface area contributed by atoms with Crippen molar-refractivity contribution in [2.24, 2.45) is 10.7 Å². The predicted octanol–water partition coefficient (Wildman–Crippen LogP) is 2.79. The molecule has 0 bridgehead atoms. The molecule has 1 atom stereocenters. The van der Waals surface area contributed by atoms with Crippen molar-refractivity contribution < 1.29 is 9.47 Å². The molecule has 11 heteroatoms. The van der Waals surface area contributed by atoms with Gasteiger partial charge in [0, 0.05) is 30.8 Å². The summed E-state index contributed by atoms with van der Waals surface area (Å²) in [6.07, 6.45) is 9.82. The number of nitrogens with zero attached hydrogens (tertiary/aromatic N) is 7. The molecule has 0 spiro atoms. The van der Waals surface area contributed by atoms with Crippen LogP contribution in [0.3, 0.4) is 0 Å². The van der Waals surface area contributed by atoms with Gasteiger partial charge in [-0.2, -0.15) is 0 Å². The van der Waals surface area contributed by atoms with Crippen LogP contribution in [0.4, 0.5) is 0 Å². The van der Waals surface area contributed by atoms with E-state index in [1.807, 2.05) is 18.2 Å². The van der Waals surface area contributed by atoms with Gasteiger partial charge in [0.05, 0.1) is 41.8 Å². The van der Waals surface area contributed by atoms with E-state index in [0.717, 1.165) is 41.1 Å². The maximum Gasteiger partial charge on any atom is 0.179 e. The van der Waals surface area contributed by atoms with Crippen molar-refractivity contribution in [1.82, 2.24) is 29.9 Å². The lowest BCUT2D eigenvalue weighted by molar-refractivity contribution is -0.160. The van der Waals surface area contributed by atoms with E-state index < -0.39 is 0 Å². The molecule has 5 heterocycles. The molecule has 0 aliphatic carbocycles. The highest BCUT2D eigenvalue weighted by molar-refractivity contribution is 7.18. The lowest BCUT2D eigenvalue weighted by Crippen LogP contribution is -2.23. The predicted molar refractivity (Wildman–Crippen MR) is 127 cm³/mol. The average molecular weight is 465 g/mol. The van der Waals surface area contributed by atoms with E-state index in [-0.39, 0.29) is 6.29 Å². The van der Waals surface area contributed by atoms with Crippen LogP contribution in [-0.2, 0) is 16.0 Å². The number of rotatable bonds is 8. The third kappa shape index (κ3) is 5.05. The van der Waals surface area contributed by atoms with Gasteiger partial charge in [-0.25, -0.2) is 14.6 Å². The third-order valence-electron chi connectivity index (χ3n) is 5.25. The number of hydrogen-bond donors (Lipinski definition) is 1. The van der Waals surface area contributed by atoms with E-state index in [0.29, 0.717) is 42.1 Å². The van der Waals surface area contributed by atoms with Crippen molar-refractivity contribution in [2.45, 2.75) is 32.1 Å². The standard InChI is InChI=1S/C22H24N8O2S/c23-11-15(12-25-8-10-32-21-3-1-2-9-31-21)16-4-5-17-22(27-16)30(29-28-17)14-20-26-18-13-24-7-6-19(18)33-20/h4-7,11-13,21H,1-3,8-10,14,23H2. The average Bonchev–Trinajstić information content (AvgIpc) is 3.45. The van der Waals surface area contributed by atoms with E-state index in [1.165, 1.54) is 6.20 Å². The molecule has 10 nitrogen and oxygen atoms in total. The second kappa shape index (κ2) is 10.1. The van der Waals surface area contributed by atoms with Crippen molar-refractivity contribution in [3.8, 4) is 0 Å². The van der Waals surface area contributed by atoms with Gasteiger partial charge in [0.2, 0.25) is 0 Å². The Kier molecular flexibility index (Phi) is 6.61. The lowest BCUT2D eigenvalue weighted by Gasteiger charge is -2.22. The fourth-order valence-corrected chi connectivity index (χ4v) is 4.50. The molecular formula is C22H24N8O2S. The first-order valence-corrected chi connectivity index (χ1v) is 11.7. The number of ether oxygens (including phenoxy) is 2. The molecule has 0 aromatic carbocycles. The fraction of sp³-hybridized carbons (Fsp3) is 0.364. The second-order valence-electron chi connectivity index (χ2n) is 7.56. The first-order valence-electron chi connectivity index (χ1n) is 10.8. The molecule has 1 aliphatic heterocycles. The third-order valence-corrected chi connectivity index (χ3v) is 6.27. The van der Waals surface area contributed by atoms with Crippen LogP contribution in [0.2, 0.25) is 0 Å². The molecule has 0 amide bonds. The van der Waals surface area contributed by atoms with Gasteiger partial charge < -0.3 is 15.2 Å². The van der Waals surface area contributed by atoms with Crippen LogP contribution in [0.25, 0.3) is 27.0 Å². The number of nitrogens with two attached hydrogens (primary N) is 1. The molecule has 170 valence electrons. The highest BCUT2D eigenvalue weighted by Crippen LogP contribution is 2.22.